The summed E-state index contributed by atoms with van der Waals surface area (Å²) in [5, 5.41) is 11.9. The van der Waals surface area contributed by atoms with Crippen molar-refractivity contribution in [3.63, 3.8) is 0 Å². The van der Waals surface area contributed by atoms with Gasteiger partial charge in [-0.3, -0.25) is 0 Å². The lowest BCUT2D eigenvalue weighted by Crippen LogP contribution is -2.37. The van der Waals surface area contributed by atoms with Crippen molar-refractivity contribution in [1.82, 2.24) is 5.32 Å². The van der Waals surface area contributed by atoms with Gasteiger partial charge in [0.25, 0.3) is 0 Å². The molecule has 0 aromatic rings. The van der Waals surface area contributed by atoms with Gasteiger partial charge in [-0.15, -0.1) is 0 Å². The molecule has 0 aliphatic heterocycles. The van der Waals surface area contributed by atoms with Crippen molar-refractivity contribution < 1.29 is 9.84 Å². The normalized spacial score (nSPS) is 12.0. The van der Waals surface area contributed by atoms with Crippen molar-refractivity contribution in [2.24, 2.45) is 0 Å². The van der Waals surface area contributed by atoms with E-state index in [-0.39, 0.29) is 5.60 Å². The maximum atomic E-state index is 8.58. The first-order valence-corrected chi connectivity index (χ1v) is 5.49. The third kappa shape index (κ3) is 8.48. The summed E-state index contributed by atoms with van der Waals surface area (Å²) < 4.78 is 5.29. The van der Waals surface area contributed by atoms with Crippen LogP contribution in [0.1, 0.15) is 39.5 Å². The van der Waals surface area contributed by atoms with E-state index >= 15 is 0 Å². The molecule has 0 bridgehead atoms. The topological polar surface area (TPSA) is 41.5 Å². The molecule has 0 rings (SSSR count). The summed E-state index contributed by atoms with van der Waals surface area (Å²) >= 11 is 0. The van der Waals surface area contributed by atoms with Crippen molar-refractivity contribution in [1.29, 1.82) is 0 Å². The Kier molecular flexibility index (Phi) is 8.14. The minimum Gasteiger partial charge on any atom is -0.396 e. The number of unbranched alkanes of at least 4 members (excludes halogenated alkanes) is 3. The highest BCUT2D eigenvalue weighted by molar-refractivity contribution is 4.70. The number of aliphatic hydroxyl groups excluding tert-OH is 1. The van der Waals surface area contributed by atoms with Gasteiger partial charge in [0.1, 0.15) is 0 Å². The van der Waals surface area contributed by atoms with Crippen LogP contribution in [0.25, 0.3) is 0 Å². The molecule has 0 aromatic heterocycles. The minimum absolute atomic E-state index is 0.0644. The first-order valence-electron chi connectivity index (χ1n) is 5.49. The van der Waals surface area contributed by atoms with E-state index < -0.39 is 0 Å². The summed E-state index contributed by atoms with van der Waals surface area (Å²) in [5.41, 5.74) is -0.0644. The number of ether oxygens (including phenoxy) is 1. The van der Waals surface area contributed by atoms with E-state index in [9.17, 15) is 0 Å². The molecular weight excluding hydrogens is 178 g/mol. The molecular formula is C11H25NO2. The van der Waals surface area contributed by atoms with Crippen LogP contribution in [0.2, 0.25) is 0 Å². The average Bonchev–Trinajstić information content (AvgIpc) is 2.16. The molecule has 0 fully saturated rings. The van der Waals surface area contributed by atoms with Gasteiger partial charge < -0.3 is 15.2 Å². The van der Waals surface area contributed by atoms with Gasteiger partial charge in [-0.1, -0.05) is 12.8 Å². The van der Waals surface area contributed by atoms with E-state index in [1.54, 1.807) is 7.11 Å². The summed E-state index contributed by atoms with van der Waals surface area (Å²) in [6, 6.07) is 0. The maximum absolute atomic E-state index is 8.58. The van der Waals surface area contributed by atoms with Gasteiger partial charge in [0.05, 0.1) is 5.60 Å². The fourth-order valence-electron chi connectivity index (χ4n) is 1.18. The summed E-state index contributed by atoms with van der Waals surface area (Å²) in [6.07, 6.45) is 4.44. The van der Waals surface area contributed by atoms with Crippen molar-refractivity contribution >= 4 is 0 Å². The predicted octanol–water partition coefficient (Wildman–Crippen LogP) is 1.55. The van der Waals surface area contributed by atoms with Crippen molar-refractivity contribution in [3.8, 4) is 0 Å². The third-order valence-corrected chi connectivity index (χ3v) is 2.36. The standard InChI is InChI=1S/C11H25NO2/c1-11(2,14-3)10-12-8-6-4-5-7-9-13/h12-13H,4-10H2,1-3H3. The van der Waals surface area contributed by atoms with E-state index in [0.29, 0.717) is 6.61 Å². The number of aliphatic hydroxyl groups is 1. The molecule has 0 saturated carbocycles. The molecule has 0 heterocycles. The number of hydrogen-bond acceptors (Lipinski definition) is 3. The highest BCUT2D eigenvalue weighted by Gasteiger charge is 2.14. The summed E-state index contributed by atoms with van der Waals surface area (Å²) in [7, 11) is 1.74. The van der Waals surface area contributed by atoms with Gasteiger partial charge in [-0.2, -0.15) is 0 Å². The first kappa shape index (κ1) is 13.9. The third-order valence-electron chi connectivity index (χ3n) is 2.36. The monoisotopic (exact) mass is 203 g/mol. The van der Waals surface area contributed by atoms with Crippen LogP contribution in [0, 0.1) is 0 Å². The Morgan fingerprint density at radius 3 is 2.36 bits per heavy atom. The Labute approximate surface area is 87.8 Å². The van der Waals surface area contributed by atoms with Gasteiger partial charge in [-0.25, -0.2) is 0 Å². The Hall–Kier alpha value is -0.120. The molecule has 0 radical (unpaired) electrons. The van der Waals surface area contributed by atoms with Crippen LogP contribution in [0.5, 0.6) is 0 Å². The summed E-state index contributed by atoms with van der Waals surface area (Å²) in [6.45, 7) is 6.41. The minimum atomic E-state index is -0.0644. The van der Waals surface area contributed by atoms with Crippen LogP contribution < -0.4 is 5.32 Å². The van der Waals surface area contributed by atoms with Crippen LogP contribution >= 0.6 is 0 Å². The van der Waals surface area contributed by atoms with Crippen molar-refractivity contribution in [2.75, 3.05) is 26.8 Å². The van der Waals surface area contributed by atoms with E-state index in [1.807, 2.05) is 0 Å². The maximum Gasteiger partial charge on any atom is 0.0746 e. The van der Waals surface area contributed by atoms with Crippen molar-refractivity contribution in [2.45, 2.75) is 45.1 Å². The van der Waals surface area contributed by atoms with Crippen molar-refractivity contribution in [3.05, 3.63) is 0 Å². The Morgan fingerprint density at radius 2 is 1.79 bits per heavy atom. The van der Waals surface area contributed by atoms with E-state index in [4.69, 9.17) is 9.84 Å². The lowest BCUT2D eigenvalue weighted by Gasteiger charge is -2.23. The predicted molar refractivity (Wildman–Crippen MR) is 59.5 cm³/mol. The van der Waals surface area contributed by atoms with Crippen LogP contribution in [0.15, 0.2) is 0 Å². The highest BCUT2D eigenvalue weighted by atomic mass is 16.5. The highest BCUT2D eigenvalue weighted by Crippen LogP contribution is 2.05. The zero-order valence-electron chi connectivity index (χ0n) is 9.81. The van der Waals surface area contributed by atoms with Gasteiger partial charge in [0.2, 0.25) is 0 Å². The zero-order valence-corrected chi connectivity index (χ0v) is 9.81. The quantitative estimate of drug-likeness (QED) is 0.559. The molecule has 0 aliphatic rings. The molecule has 2 N–H and O–H groups in total. The molecule has 0 unspecified atom stereocenters. The van der Waals surface area contributed by atoms with Crippen LogP contribution in [-0.2, 0) is 4.74 Å². The second kappa shape index (κ2) is 8.21. The number of methoxy groups -OCH3 is 1. The molecule has 3 nitrogen and oxygen atoms in total. The van der Waals surface area contributed by atoms with Gasteiger partial charge in [0.15, 0.2) is 0 Å². The molecule has 0 aliphatic carbocycles. The molecule has 0 spiro atoms. The lowest BCUT2D eigenvalue weighted by molar-refractivity contribution is 0.0234. The molecule has 14 heavy (non-hydrogen) atoms. The smallest absolute Gasteiger partial charge is 0.0746 e. The Balaban J connectivity index is 3.13. The molecule has 0 saturated heterocycles. The first-order chi connectivity index (χ1) is 6.62. The van der Waals surface area contributed by atoms with Crippen LogP contribution in [0.4, 0.5) is 0 Å². The second-order valence-electron chi connectivity index (χ2n) is 4.28. The van der Waals surface area contributed by atoms with Crippen LogP contribution in [-0.4, -0.2) is 37.5 Å². The SMILES string of the molecule is COC(C)(C)CNCCCCCCO. The fraction of sp³-hybridized carbons (Fsp3) is 1.00. The molecule has 0 atom stereocenters. The molecule has 0 amide bonds. The van der Waals surface area contributed by atoms with Gasteiger partial charge in [0, 0.05) is 20.3 Å². The largest absolute Gasteiger partial charge is 0.396 e. The van der Waals surface area contributed by atoms with Gasteiger partial charge in [-0.05, 0) is 33.2 Å². The van der Waals surface area contributed by atoms with E-state index in [0.717, 1.165) is 25.9 Å². The fourth-order valence-corrected chi connectivity index (χ4v) is 1.18. The molecule has 3 heteroatoms. The Bertz CT molecular complexity index is 126. The zero-order chi connectivity index (χ0) is 10.9. The molecule has 86 valence electrons. The van der Waals surface area contributed by atoms with Gasteiger partial charge >= 0.3 is 0 Å². The summed E-state index contributed by atoms with van der Waals surface area (Å²) in [4.78, 5) is 0. The van der Waals surface area contributed by atoms with Crippen LogP contribution in [0.3, 0.4) is 0 Å². The number of rotatable bonds is 9. The lowest BCUT2D eigenvalue weighted by atomic mass is 10.1. The average molecular weight is 203 g/mol. The van der Waals surface area contributed by atoms with E-state index in [1.165, 1.54) is 12.8 Å². The Morgan fingerprint density at radius 1 is 1.14 bits per heavy atom. The second-order valence-corrected chi connectivity index (χ2v) is 4.28. The number of nitrogens with one attached hydrogen (secondary N) is 1. The summed E-state index contributed by atoms with van der Waals surface area (Å²) in [5.74, 6) is 0. The molecule has 0 aromatic carbocycles. The number of hydrogen-bond donors (Lipinski definition) is 2. The van der Waals surface area contributed by atoms with E-state index in [2.05, 4.69) is 19.2 Å².